The molecule has 0 amide bonds. The minimum Gasteiger partial charge on any atom is -0.464 e. The molecule has 0 radical (unpaired) electrons. The molecule has 0 spiro atoms. The number of halogens is 2. The molecule has 0 aliphatic carbocycles. The van der Waals surface area contributed by atoms with Crippen molar-refractivity contribution in [3.05, 3.63) is 34.4 Å². The molecule has 1 aromatic carbocycles. The summed E-state index contributed by atoms with van der Waals surface area (Å²) in [6.45, 7) is 2.41. The van der Waals surface area contributed by atoms with Gasteiger partial charge in [-0.25, -0.2) is 4.98 Å². The molecule has 1 aromatic heterocycles. The van der Waals surface area contributed by atoms with Gasteiger partial charge in [0.1, 0.15) is 6.20 Å². The molecule has 0 unspecified atom stereocenters. The molecular formula is C11H9Cl2NO2. The highest BCUT2D eigenvalue weighted by Crippen LogP contribution is 2.29. The average molecular weight is 258 g/mol. The van der Waals surface area contributed by atoms with E-state index in [1.807, 2.05) is 6.92 Å². The van der Waals surface area contributed by atoms with E-state index in [0.717, 1.165) is 5.56 Å². The SMILES string of the molecule is CCOc1cnc(-c2ccc(Cl)c(Cl)c2)o1. The maximum absolute atomic E-state index is 5.90. The Bertz CT molecular complexity index is 496. The van der Waals surface area contributed by atoms with Gasteiger partial charge in [0.15, 0.2) is 0 Å². The fraction of sp³-hybridized carbons (Fsp3) is 0.182. The van der Waals surface area contributed by atoms with Crippen LogP contribution in [0.25, 0.3) is 11.5 Å². The van der Waals surface area contributed by atoms with Gasteiger partial charge in [-0.15, -0.1) is 0 Å². The molecule has 0 fully saturated rings. The van der Waals surface area contributed by atoms with Gasteiger partial charge < -0.3 is 9.15 Å². The van der Waals surface area contributed by atoms with E-state index in [2.05, 4.69) is 4.98 Å². The van der Waals surface area contributed by atoms with Crippen molar-refractivity contribution in [3.8, 4) is 17.4 Å². The molecule has 2 aromatic rings. The third-order valence-electron chi connectivity index (χ3n) is 1.94. The number of ether oxygens (including phenoxy) is 1. The Morgan fingerprint density at radius 2 is 2.12 bits per heavy atom. The number of oxazole rings is 1. The van der Waals surface area contributed by atoms with Crippen molar-refractivity contribution in [2.45, 2.75) is 6.92 Å². The first kappa shape index (κ1) is 11.3. The monoisotopic (exact) mass is 257 g/mol. The highest BCUT2D eigenvalue weighted by molar-refractivity contribution is 6.42. The Morgan fingerprint density at radius 3 is 2.81 bits per heavy atom. The molecule has 5 heteroatoms. The van der Waals surface area contributed by atoms with Gasteiger partial charge in [-0.2, -0.15) is 0 Å². The topological polar surface area (TPSA) is 35.3 Å². The van der Waals surface area contributed by atoms with Gasteiger partial charge in [0, 0.05) is 5.56 Å². The lowest BCUT2D eigenvalue weighted by Crippen LogP contribution is -1.87. The van der Waals surface area contributed by atoms with Crippen LogP contribution >= 0.6 is 23.2 Å². The Morgan fingerprint density at radius 1 is 1.31 bits per heavy atom. The summed E-state index contributed by atoms with van der Waals surface area (Å²) in [6.07, 6.45) is 1.53. The Kier molecular flexibility index (Phi) is 3.36. The van der Waals surface area contributed by atoms with E-state index in [-0.39, 0.29) is 0 Å². The van der Waals surface area contributed by atoms with Gasteiger partial charge in [0.05, 0.1) is 16.7 Å². The van der Waals surface area contributed by atoms with Gasteiger partial charge >= 0.3 is 5.95 Å². The van der Waals surface area contributed by atoms with E-state index in [1.165, 1.54) is 6.20 Å². The molecule has 3 nitrogen and oxygen atoms in total. The zero-order chi connectivity index (χ0) is 11.5. The molecule has 16 heavy (non-hydrogen) atoms. The number of rotatable bonds is 3. The van der Waals surface area contributed by atoms with Gasteiger partial charge in [0.2, 0.25) is 5.89 Å². The van der Waals surface area contributed by atoms with Gasteiger partial charge in [-0.1, -0.05) is 23.2 Å². The Balaban J connectivity index is 2.31. The quantitative estimate of drug-likeness (QED) is 0.833. The summed E-state index contributed by atoms with van der Waals surface area (Å²) in [5.74, 6) is 0.852. The second-order valence-electron chi connectivity index (χ2n) is 3.05. The van der Waals surface area contributed by atoms with Crippen molar-refractivity contribution < 1.29 is 9.15 Å². The van der Waals surface area contributed by atoms with Crippen LogP contribution in [0.5, 0.6) is 5.95 Å². The van der Waals surface area contributed by atoms with Crippen LogP contribution < -0.4 is 4.74 Å². The van der Waals surface area contributed by atoms with Crippen molar-refractivity contribution in [3.63, 3.8) is 0 Å². The minimum absolute atomic E-state index is 0.392. The van der Waals surface area contributed by atoms with Crippen LogP contribution in [0.15, 0.2) is 28.8 Å². The van der Waals surface area contributed by atoms with Crippen LogP contribution in [0.4, 0.5) is 0 Å². The molecular weight excluding hydrogens is 249 g/mol. The predicted octanol–water partition coefficient (Wildman–Crippen LogP) is 4.05. The summed E-state index contributed by atoms with van der Waals surface area (Å²) in [5.41, 5.74) is 0.764. The Labute approximate surface area is 103 Å². The van der Waals surface area contributed by atoms with Gasteiger partial charge in [-0.05, 0) is 25.1 Å². The summed E-state index contributed by atoms with van der Waals surface area (Å²) in [4.78, 5) is 4.08. The normalized spacial score (nSPS) is 10.4. The van der Waals surface area contributed by atoms with Crippen LogP contribution in [0.3, 0.4) is 0 Å². The summed E-state index contributed by atoms with van der Waals surface area (Å²) >= 11 is 11.7. The van der Waals surface area contributed by atoms with E-state index < -0.39 is 0 Å². The predicted molar refractivity (Wildman–Crippen MR) is 63.1 cm³/mol. The van der Waals surface area contributed by atoms with Crippen LogP contribution in [-0.2, 0) is 0 Å². The molecule has 0 atom stereocenters. The molecule has 1 heterocycles. The zero-order valence-electron chi connectivity index (χ0n) is 8.54. The fourth-order valence-corrected chi connectivity index (χ4v) is 1.53. The number of nitrogens with zero attached hydrogens (tertiary/aromatic N) is 1. The number of aromatic nitrogens is 1. The van der Waals surface area contributed by atoms with Crippen LogP contribution in [0.1, 0.15) is 6.92 Å². The maximum atomic E-state index is 5.90. The summed E-state index contributed by atoms with van der Waals surface area (Å²) in [5, 5.41) is 0.970. The molecule has 0 aliphatic rings. The molecule has 0 saturated carbocycles. The number of benzene rings is 1. The average Bonchev–Trinajstić information content (AvgIpc) is 2.71. The lowest BCUT2D eigenvalue weighted by Gasteiger charge is -1.99. The molecule has 0 N–H and O–H groups in total. The molecule has 2 rings (SSSR count). The van der Waals surface area contributed by atoms with E-state index in [4.69, 9.17) is 32.4 Å². The van der Waals surface area contributed by atoms with E-state index >= 15 is 0 Å². The van der Waals surface area contributed by atoms with Crippen LogP contribution in [-0.4, -0.2) is 11.6 Å². The number of hydrogen-bond acceptors (Lipinski definition) is 3. The first-order chi connectivity index (χ1) is 7.70. The molecule has 0 saturated heterocycles. The van der Waals surface area contributed by atoms with Crippen molar-refractivity contribution in [1.82, 2.24) is 4.98 Å². The third kappa shape index (κ3) is 2.31. The van der Waals surface area contributed by atoms with E-state index in [9.17, 15) is 0 Å². The lowest BCUT2D eigenvalue weighted by atomic mass is 10.2. The largest absolute Gasteiger partial charge is 0.464 e. The van der Waals surface area contributed by atoms with Gasteiger partial charge in [0.25, 0.3) is 0 Å². The van der Waals surface area contributed by atoms with Crippen molar-refractivity contribution in [2.75, 3.05) is 6.61 Å². The van der Waals surface area contributed by atoms with Crippen molar-refractivity contribution >= 4 is 23.2 Å². The molecule has 0 bridgehead atoms. The smallest absolute Gasteiger partial charge is 0.305 e. The zero-order valence-corrected chi connectivity index (χ0v) is 10.0. The fourth-order valence-electron chi connectivity index (χ4n) is 1.23. The second-order valence-corrected chi connectivity index (χ2v) is 3.86. The van der Waals surface area contributed by atoms with E-state index in [1.54, 1.807) is 18.2 Å². The minimum atomic E-state index is 0.392. The first-order valence-electron chi connectivity index (χ1n) is 4.74. The van der Waals surface area contributed by atoms with E-state index in [0.29, 0.717) is 28.5 Å². The highest BCUT2D eigenvalue weighted by Gasteiger charge is 2.08. The standard InChI is InChI=1S/C11H9Cl2NO2/c1-2-15-10-6-14-11(16-10)7-3-4-8(12)9(13)5-7/h3-6H,2H2,1H3. The summed E-state index contributed by atoms with van der Waals surface area (Å²) in [6, 6.07) is 5.19. The molecule has 0 aliphatic heterocycles. The van der Waals surface area contributed by atoms with Crippen molar-refractivity contribution in [2.24, 2.45) is 0 Å². The van der Waals surface area contributed by atoms with Crippen molar-refractivity contribution in [1.29, 1.82) is 0 Å². The molecule has 84 valence electrons. The number of hydrogen-bond donors (Lipinski definition) is 0. The van der Waals surface area contributed by atoms with Crippen LogP contribution in [0, 0.1) is 0 Å². The maximum Gasteiger partial charge on any atom is 0.305 e. The first-order valence-corrected chi connectivity index (χ1v) is 5.50. The summed E-state index contributed by atoms with van der Waals surface area (Å²) in [7, 11) is 0. The van der Waals surface area contributed by atoms with Gasteiger partial charge in [-0.3, -0.25) is 0 Å². The summed E-state index contributed by atoms with van der Waals surface area (Å²) < 4.78 is 10.5. The second kappa shape index (κ2) is 4.76. The third-order valence-corrected chi connectivity index (χ3v) is 2.68. The van der Waals surface area contributed by atoms with Crippen LogP contribution in [0.2, 0.25) is 10.0 Å². The lowest BCUT2D eigenvalue weighted by molar-refractivity contribution is 0.260. The highest BCUT2D eigenvalue weighted by atomic mass is 35.5. The Hall–Kier alpha value is -1.19.